The van der Waals surface area contributed by atoms with Crippen LogP contribution >= 0.6 is 15.9 Å². The third kappa shape index (κ3) is 3.33. The molecule has 0 radical (unpaired) electrons. The van der Waals surface area contributed by atoms with E-state index in [-0.39, 0.29) is 11.8 Å². The van der Waals surface area contributed by atoms with Crippen LogP contribution in [0.5, 0.6) is 0 Å². The lowest BCUT2D eigenvalue weighted by molar-refractivity contribution is -0.121. The minimum absolute atomic E-state index is 0.108. The Morgan fingerprint density at radius 3 is 2.94 bits per heavy atom. The van der Waals surface area contributed by atoms with Crippen molar-refractivity contribution in [3.63, 3.8) is 0 Å². The smallest absolute Gasteiger partial charge is 0.228 e. The van der Waals surface area contributed by atoms with E-state index in [1.807, 2.05) is 25.1 Å². The van der Waals surface area contributed by atoms with Gasteiger partial charge in [-0.25, -0.2) is 0 Å². The van der Waals surface area contributed by atoms with Gasteiger partial charge in [0.1, 0.15) is 0 Å². The Balaban J connectivity index is 2.02. The van der Waals surface area contributed by atoms with E-state index in [0.29, 0.717) is 0 Å². The molecule has 1 N–H and O–H groups in total. The summed E-state index contributed by atoms with van der Waals surface area (Å²) >= 11 is 3.49. The number of carbonyl (C=O) groups is 1. The quantitative estimate of drug-likeness (QED) is 0.910. The summed E-state index contributed by atoms with van der Waals surface area (Å²) in [4.78, 5) is 14.4. The van der Waals surface area contributed by atoms with E-state index in [1.54, 1.807) is 0 Å². The fourth-order valence-corrected chi connectivity index (χ4v) is 2.93. The van der Waals surface area contributed by atoms with Crippen molar-refractivity contribution in [2.75, 3.05) is 25.5 Å². The number of benzene rings is 1. The van der Waals surface area contributed by atoms with E-state index in [4.69, 9.17) is 0 Å². The van der Waals surface area contributed by atoms with Crippen LogP contribution in [0.25, 0.3) is 0 Å². The first-order valence-corrected chi connectivity index (χ1v) is 7.11. The van der Waals surface area contributed by atoms with Crippen molar-refractivity contribution < 1.29 is 4.79 Å². The van der Waals surface area contributed by atoms with Crippen LogP contribution in [0.3, 0.4) is 0 Å². The highest BCUT2D eigenvalue weighted by molar-refractivity contribution is 9.10. The molecule has 1 fully saturated rings. The summed E-state index contributed by atoms with van der Waals surface area (Å²) in [7, 11) is 2.07. The number of anilines is 1. The minimum atomic E-state index is 0.108. The molecule has 1 aromatic carbocycles. The summed E-state index contributed by atoms with van der Waals surface area (Å²) in [6.07, 6.45) is 2.09. The molecule has 3 nitrogen and oxygen atoms in total. The summed E-state index contributed by atoms with van der Waals surface area (Å²) in [5.74, 6) is 0.239. The largest absolute Gasteiger partial charge is 0.325 e. The molecule has 1 atom stereocenters. The number of likely N-dealkylation sites (tertiary alicyclic amines) is 1. The highest BCUT2D eigenvalue weighted by atomic mass is 79.9. The van der Waals surface area contributed by atoms with Gasteiger partial charge in [0.05, 0.1) is 11.6 Å². The summed E-state index contributed by atoms with van der Waals surface area (Å²) in [5, 5.41) is 3.02. The Bertz CT molecular complexity index is 447. The zero-order chi connectivity index (χ0) is 13.1. The van der Waals surface area contributed by atoms with Gasteiger partial charge in [-0.15, -0.1) is 0 Å². The number of rotatable bonds is 2. The first-order valence-electron chi connectivity index (χ1n) is 6.32. The van der Waals surface area contributed by atoms with Crippen LogP contribution in [-0.2, 0) is 4.79 Å². The summed E-state index contributed by atoms with van der Waals surface area (Å²) < 4.78 is 0.944. The van der Waals surface area contributed by atoms with Gasteiger partial charge < -0.3 is 10.2 Å². The molecule has 0 bridgehead atoms. The van der Waals surface area contributed by atoms with Crippen LogP contribution in [-0.4, -0.2) is 30.9 Å². The number of nitrogens with zero attached hydrogens (tertiary/aromatic N) is 1. The van der Waals surface area contributed by atoms with Crippen molar-refractivity contribution in [3.05, 3.63) is 28.2 Å². The maximum Gasteiger partial charge on any atom is 0.228 e. The number of amides is 1. The van der Waals surface area contributed by atoms with Crippen molar-refractivity contribution in [2.24, 2.45) is 5.92 Å². The second kappa shape index (κ2) is 5.85. The summed E-state index contributed by atoms with van der Waals surface area (Å²) in [6.45, 7) is 3.99. The van der Waals surface area contributed by atoms with Crippen molar-refractivity contribution >= 4 is 27.5 Å². The first-order chi connectivity index (χ1) is 8.56. The predicted octanol–water partition coefficient (Wildman–Crippen LogP) is 3.04. The van der Waals surface area contributed by atoms with E-state index >= 15 is 0 Å². The average molecular weight is 311 g/mol. The Hall–Kier alpha value is -0.870. The third-order valence-corrected chi connectivity index (χ3v) is 4.03. The lowest BCUT2D eigenvalue weighted by atomic mass is 9.97. The van der Waals surface area contributed by atoms with Gasteiger partial charge in [-0.1, -0.05) is 6.07 Å². The summed E-state index contributed by atoms with van der Waals surface area (Å²) in [5.41, 5.74) is 2.04. The number of nitrogens with one attached hydrogen (secondary N) is 1. The number of piperidine rings is 1. The van der Waals surface area contributed by atoms with E-state index in [9.17, 15) is 4.79 Å². The van der Waals surface area contributed by atoms with Crippen LogP contribution in [0, 0.1) is 12.8 Å². The number of carbonyl (C=O) groups excluding carboxylic acids is 1. The fraction of sp³-hybridized carbons (Fsp3) is 0.500. The van der Waals surface area contributed by atoms with Gasteiger partial charge in [-0.05, 0) is 67.0 Å². The molecule has 0 aromatic heterocycles. The normalized spacial score (nSPS) is 20.7. The van der Waals surface area contributed by atoms with Gasteiger partial charge in [-0.2, -0.15) is 0 Å². The highest BCUT2D eigenvalue weighted by Gasteiger charge is 2.24. The molecule has 1 unspecified atom stereocenters. The van der Waals surface area contributed by atoms with Gasteiger partial charge in [-0.3, -0.25) is 4.79 Å². The molecule has 0 saturated carbocycles. The monoisotopic (exact) mass is 310 g/mol. The molecule has 1 aromatic rings. The molecular weight excluding hydrogens is 292 g/mol. The average Bonchev–Trinajstić information content (AvgIpc) is 2.32. The molecule has 98 valence electrons. The van der Waals surface area contributed by atoms with Crippen LogP contribution in [0.1, 0.15) is 18.4 Å². The predicted molar refractivity (Wildman–Crippen MR) is 77.7 cm³/mol. The second-order valence-corrected chi connectivity index (χ2v) is 5.93. The van der Waals surface area contributed by atoms with Gasteiger partial charge in [0.15, 0.2) is 0 Å². The van der Waals surface area contributed by atoms with E-state index < -0.39 is 0 Å². The molecule has 1 amide bonds. The molecule has 18 heavy (non-hydrogen) atoms. The van der Waals surface area contributed by atoms with Gasteiger partial charge in [0, 0.05) is 11.0 Å². The van der Waals surface area contributed by atoms with E-state index in [2.05, 4.69) is 33.2 Å². The molecular formula is C14H19BrN2O. The topological polar surface area (TPSA) is 32.3 Å². The molecule has 0 aliphatic carbocycles. The highest BCUT2D eigenvalue weighted by Crippen LogP contribution is 2.25. The van der Waals surface area contributed by atoms with Crippen LogP contribution < -0.4 is 5.32 Å². The zero-order valence-corrected chi connectivity index (χ0v) is 12.5. The van der Waals surface area contributed by atoms with Gasteiger partial charge in [0.2, 0.25) is 5.91 Å². The second-order valence-electron chi connectivity index (χ2n) is 5.07. The Morgan fingerprint density at radius 2 is 2.28 bits per heavy atom. The lowest BCUT2D eigenvalue weighted by Gasteiger charge is -2.28. The van der Waals surface area contributed by atoms with E-state index in [0.717, 1.165) is 36.1 Å². The SMILES string of the molecule is Cc1ccc(NC(=O)C2CCCN(C)C2)c(Br)c1. The molecule has 1 aliphatic rings. The van der Waals surface area contributed by atoms with Gasteiger partial charge >= 0.3 is 0 Å². The molecule has 4 heteroatoms. The van der Waals surface area contributed by atoms with Crippen molar-refractivity contribution in [2.45, 2.75) is 19.8 Å². The Morgan fingerprint density at radius 1 is 1.50 bits per heavy atom. The van der Waals surface area contributed by atoms with Gasteiger partial charge in [0.25, 0.3) is 0 Å². The Labute approximate surface area is 117 Å². The molecule has 2 rings (SSSR count). The van der Waals surface area contributed by atoms with Crippen molar-refractivity contribution in [1.29, 1.82) is 0 Å². The third-order valence-electron chi connectivity index (χ3n) is 3.38. The number of hydrogen-bond acceptors (Lipinski definition) is 2. The number of hydrogen-bond donors (Lipinski definition) is 1. The number of halogens is 1. The number of aryl methyl sites for hydroxylation is 1. The molecule has 1 saturated heterocycles. The molecule has 1 heterocycles. The van der Waals surface area contributed by atoms with Crippen molar-refractivity contribution in [3.8, 4) is 0 Å². The molecule has 0 spiro atoms. The minimum Gasteiger partial charge on any atom is -0.325 e. The van der Waals surface area contributed by atoms with Crippen LogP contribution in [0.4, 0.5) is 5.69 Å². The van der Waals surface area contributed by atoms with Crippen LogP contribution in [0.15, 0.2) is 22.7 Å². The lowest BCUT2D eigenvalue weighted by Crippen LogP contribution is -2.38. The standard InChI is InChI=1S/C14H19BrN2O/c1-10-5-6-13(12(15)8-10)16-14(18)11-4-3-7-17(2)9-11/h5-6,8,11H,3-4,7,9H2,1-2H3,(H,16,18). The maximum absolute atomic E-state index is 12.2. The van der Waals surface area contributed by atoms with Crippen LogP contribution in [0.2, 0.25) is 0 Å². The first kappa shape index (κ1) is 13.6. The maximum atomic E-state index is 12.2. The summed E-state index contributed by atoms with van der Waals surface area (Å²) in [6, 6.07) is 5.97. The Kier molecular flexibility index (Phi) is 4.40. The zero-order valence-electron chi connectivity index (χ0n) is 10.9. The molecule has 1 aliphatic heterocycles. The fourth-order valence-electron chi connectivity index (χ4n) is 2.34. The van der Waals surface area contributed by atoms with E-state index in [1.165, 1.54) is 5.56 Å². The van der Waals surface area contributed by atoms with Crippen molar-refractivity contribution in [1.82, 2.24) is 4.90 Å².